The summed E-state index contributed by atoms with van der Waals surface area (Å²) in [6.45, 7) is 3.54. The second-order valence-corrected chi connectivity index (χ2v) is 2.55. The molecule has 1 aromatic rings. The average molecular weight is 191 g/mol. The van der Waals surface area contributed by atoms with Gasteiger partial charge in [-0.2, -0.15) is 0 Å². The minimum Gasteiger partial charge on any atom is -0.474 e. The van der Waals surface area contributed by atoms with Crippen molar-refractivity contribution in [2.75, 3.05) is 5.32 Å². The van der Waals surface area contributed by atoms with Crippen LogP contribution in [0.25, 0.3) is 6.08 Å². The molecule has 0 fully saturated rings. The maximum Gasteiger partial charge on any atom is 0.394 e. The topological polar surface area (TPSA) is 66.4 Å². The number of nitrogens with one attached hydrogen (secondary N) is 1. The second-order valence-electron chi connectivity index (χ2n) is 2.55. The molecule has 0 saturated carbocycles. The molecular weight excluding hydrogens is 182 g/mol. The van der Waals surface area contributed by atoms with E-state index in [0.717, 1.165) is 0 Å². The van der Waals surface area contributed by atoms with Crippen molar-refractivity contribution in [2.45, 2.75) is 0 Å². The maximum atomic E-state index is 10.8. The zero-order valence-electron chi connectivity index (χ0n) is 7.36. The van der Waals surface area contributed by atoms with Gasteiger partial charge in [0.2, 0.25) is 0 Å². The van der Waals surface area contributed by atoms with E-state index in [1.54, 1.807) is 24.3 Å². The van der Waals surface area contributed by atoms with Crippen LogP contribution in [-0.4, -0.2) is 17.0 Å². The van der Waals surface area contributed by atoms with E-state index in [1.165, 1.54) is 6.08 Å². The van der Waals surface area contributed by atoms with E-state index in [-0.39, 0.29) is 0 Å². The van der Waals surface area contributed by atoms with E-state index in [4.69, 9.17) is 5.11 Å². The number of amides is 1. The van der Waals surface area contributed by atoms with E-state index in [0.29, 0.717) is 11.3 Å². The molecule has 72 valence electrons. The molecule has 0 aliphatic heterocycles. The number of para-hydroxylation sites is 1. The summed E-state index contributed by atoms with van der Waals surface area (Å²) in [5.74, 6) is -2.57. The van der Waals surface area contributed by atoms with Crippen molar-refractivity contribution in [2.24, 2.45) is 0 Å². The number of hydrogen-bond donors (Lipinski definition) is 2. The first-order valence-electron chi connectivity index (χ1n) is 3.91. The van der Waals surface area contributed by atoms with Crippen molar-refractivity contribution in [3.63, 3.8) is 0 Å². The lowest BCUT2D eigenvalue weighted by Gasteiger charge is -2.04. The van der Waals surface area contributed by atoms with Gasteiger partial charge in [-0.3, -0.25) is 4.79 Å². The lowest BCUT2D eigenvalue weighted by atomic mass is 10.2. The summed E-state index contributed by atoms with van der Waals surface area (Å²) in [6, 6.07) is 6.81. The van der Waals surface area contributed by atoms with Gasteiger partial charge in [-0.05, 0) is 11.6 Å². The standard InChI is InChI=1S/C10H9NO3/c1-2-7-5-3-4-6-8(7)11-9(12)10(13)14/h2-6H,1H2,(H,11,12)(H,13,14). The molecule has 0 bridgehead atoms. The first kappa shape index (κ1) is 9.98. The first-order valence-corrected chi connectivity index (χ1v) is 3.91. The number of carbonyl (C=O) groups excluding carboxylic acids is 1. The Morgan fingerprint density at radius 3 is 2.57 bits per heavy atom. The van der Waals surface area contributed by atoms with Crippen molar-refractivity contribution in [3.8, 4) is 0 Å². The van der Waals surface area contributed by atoms with E-state index in [1.807, 2.05) is 0 Å². The van der Waals surface area contributed by atoms with Gasteiger partial charge in [0, 0.05) is 5.69 Å². The Bertz CT molecular complexity index is 385. The number of anilines is 1. The Morgan fingerprint density at radius 1 is 1.36 bits per heavy atom. The van der Waals surface area contributed by atoms with Crippen molar-refractivity contribution in [1.29, 1.82) is 0 Å². The van der Waals surface area contributed by atoms with Crippen LogP contribution < -0.4 is 5.32 Å². The third kappa shape index (κ3) is 2.20. The molecule has 14 heavy (non-hydrogen) atoms. The highest BCUT2D eigenvalue weighted by molar-refractivity contribution is 6.36. The Balaban J connectivity index is 2.91. The summed E-state index contributed by atoms with van der Waals surface area (Å²) in [5, 5.41) is 10.6. The zero-order valence-corrected chi connectivity index (χ0v) is 7.36. The van der Waals surface area contributed by atoms with Gasteiger partial charge < -0.3 is 10.4 Å². The molecule has 0 aliphatic rings. The Labute approximate surface area is 80.9 Å². The van der Waals surface area contributed by atoms with Crippen LogP contribution in [-0.2, 0) is 9.59 Å². The fourth-order valence-corrected chi connectivity index (χ4v) is 0.965. The molecule has 4 nitrogen and oxygen atoms in total. The Hall–Kier alpha value is -2.10. The van der Waals surface area contributed by atoms with Gasteiger partial charge in [-0.25, -0.2) is 4.79 Å². The van der Waals surface area contributed by atoms with E-state index in [9.17, 15) is 9.59 Å². The molecular formula is C10H9NO3. The molecule has 0 spiro atoms. The van der Waals surface area contributed by atoms with Gasteiger partial charge in [0.25, 0.3) is 0 Å². The van der Waals surface area contributed by atoms with Crippen molar-refractivity contribution < 1.29 is 14.7 Å². The number of hydrogen-bond acceptors (Lipinski definition) is 2. The first-order chi connectivity index (χ1) is 6.65. The Kier molecular flexibility index (Phi) is 3.01. The summed E-state index contributed by atoms with van der Waals surface area (Å²) >= 11 is 0. The quantitative estimate of drug-likeness (QED) is 0.693. The molecule has 0 aromatic heterocycles. The molecule has 1 aromatic carbocycles. The fourth-order valence-electron chi connectivity index (χ4n) is 0.965. The number of carboxylic acid groups (broad SMARTS) is 1. The zero-order chi connectivity index (χ0) is 10.6. The molecule has 2 N–H and O–H groups in total. The minimum absolute atomic E-state index is 0.440. The number of benzene rings is 1. The maximum absolute atomic E-state index is 10.8. The lowest BCUT2D eigenvalue weighted by molar-refractivity contribution is -0.147. The van der Waals surface area contributed by atoms with Crippen LogP contribution in [0.4, 0.5) is 5.69 Å². The lowest BCUT2D eigenvalue weighted by Crippen LogP contribution is -2.22. The SMILES string of the molecule is C=Cc1ccccc1NC(=O)C(=O)O. The smallest absolute Gasteiger partial charge is 0.394 e. The van der Waals surface area contributed by atoms with Crippen molar-refractivity contribution in [1.82, 2.24) is 0 Å². The molecule has 0 saturated heterocycles. The summed E-state index contributed by atoms with van der Waals surface area (Å²) in [7, 11) is 0. The van der Waals surface area contributed by atoms with Crippen LogP contribution in [0.5, 0.6) is 0 Å². The normalized spacial score (nSPS) is 9.14. The minimum atomic E-state index is -1.51. The third-order valence-corrected chi connectivity index (χ3v) is 1.62. The Morgan fingerprint density at radius 2 is 2.00 bits per heavy atom. The van der Waals surface area contributed by atoms with Gasteiger partial charge >= 0.3 is 11.9 Å². The highest BCUT2D eigenvalue weighted by atomic mass is 16.4. The number of rotatable bonds is 2. The number of carboxylic acids is 1. The van der Waals surface area contributed by atoms with Crippen LogP contribution in [0.2, 0.25) is 0 Å². The molecule has 0 unspecified atom stereocenters. The van der Waals surface area contributed by atoms with Crippen LogP contribution in [0, 0.1) is 0 Å². The molecule has 0 aliphatic carbocycles. The molecule has 0 radical (unpaired) electrons. The summed E-state index contributed by atoms with van der Waals surface area (Å²) in [4.78, 5) is 21.1. The summed E-state index contributed by atoms with van der Waals surface area (Å²) < 4.78 is 0. The van der Waals surface area contributed by atoms with Crippen molar-refractivity contribution >= 4 is 23.6 Å². The predicted octanol–water partition coefficient (Wildman–Crippen LogP) is 1.35. The largest absolute Gasteiger partial charge is 0.474 e. The highest BCUT2D eigenvalue weighted by Gasteiger charge is 2.11. The molecule has 1 amide bonds. The van der Waals surface area contributed by atoms with Crippen LogP contribution in [0.15, 0.2) is 30.8 Å². The summed E-state index contributed by atoms with van der Waals surface area (Å²) in [5.41, 5.74) is 1.12. The van der Waals surface area contributed by atoms with Gasteiger partial charge in [-0.15, -0.1) is 0 Å². The van der Waals surface area contributed by atoms with Crippen molar-refractivity contribution in [3.05, 3.63) is 36.4 Å². The second kappa shape index (κ2) is 4.23. The monoisotopic (exact) mass is 191 g/mol. The predicted molar refractivity (Wildman–Crippen MR) is 52.8 cm³/mol. The van der Waals surface area contributed by atoms with Gasteiger partial charge in [0.05, 0.1) is 0 Å². The molecule has 4 heteroatoms. The molecule has 1 rings (SSSR count). The van der Waals surface area contributed by atoms with E-state index >= 15 is 0 Å². The third-order valence-electron chi connectivity index (χ3n) is 1.62. The highest BCUT2D eigenvalue weighted by Crippen LogP contribution is 2.15. The average Bonchev–Trinajstić information content (AvgIpc) is 2.18. The van der Waals surface area contributed by atoms with Gasteiger partial charge in [0.15, 0.2) is 0 Å². The van der Waals surface area contributed by atoms with Crippen LogP contribution in [0.3, 0.4) is 0 Å². The van der Waals surface area contributed by atoms with Crippen LogP contribution >= 0.6 is 0 Å². The number of carbonyl (C=O) groups is 2. The van der Waals surface area contributed by atoms with Gasteiger partial charge in [-0.1, -0.05) is 30.9 Å². The van der Waals surface area contributed by atoms with E-state index in [2.05, 4.69) is 11.9 Å². The molecule has 0 heterocycles. The molecule has 0 atom stereocenters. The van der Waals surface area contributed by atoms with Gasteiger partial charge in [0.1, 0.15) is 0 Å². The summed E-state index contributed by atoms with van der Waals surface area (Å²) in [6.07, 6.45) is 1.54. The number of aliphatic carboxylic acids is 1. The van der Waals surface area contributed by atoms with E-state index < -0.39 is 11.9 Å². The fraction of sp³-hybridized carbons (Fsp3) is 0. The van der Waals surface area contributed by atoms with Crippen LogP contribution in [0.1, 0.15) is 5.56 Å².